The van der Waals surface area contributed by atoms with Crippen LogP contribution in [0.15, 0.2) is 78.4 Å². The van der Waals surface area contributed by atoms with Crippen LogP contribution in [0.1, 0.15) is 54.6 Å². The molecule has 0 radical (unpaired) electrons. The highest BCUT2D eigenvalue weighted by molar-refractivity contribution is 6.46. The SMILES string of the molecule is CCc1ccc(C2/C(=C(\O)c3ccc(OCc4ccc(C)cc4)cc3)C(=O)C(=O)N2CCN(CC)CC)cc1. The first kappa shape index (κ1) is 28.1. The lowest BCUT2D eigenvalue weighted by atomic mass is 9.94. The van der Waals surface area contributed by atoms with Crippen LogP contribution in [0.5, 0.6) is 5.75 Å². The van der Waals surface area contributed by atoms with Gasteiger partial charge in [-0.2, -0.15) is 0 Å². The van der Waals surface area contributed by atoms with E-state index in [0.29, 0.717) is 31.0 Å². The molecule has 1 heterocycles. The number of ketones is 1. The Kier molecular flexibility index (Phi) is 9.20. The van der Waals surface area contributed by atoms with Gasteiger partial charge < -0.3 is 19.6 Å². The summed E-state index contributed by atoms with van der Waals surface area (Å²) in [7, 11) is 0. The number of aliphatic hydroxyl groups is 1. The molecule has 4 rings (SSSR count). The van der Waals surface area contributed by atoms with E-state index in [9.17, 15) is 14.7 Å². The monoisotopic (exact) mass is 526 g/mol. The van der Waals surface area contributed by atoms with Crippen molar-refractivity contribution in [3.8, 4) is 5.75 Å². The number of carbonyl (C=O) groups excluding carboxylic acids is 2. The third kappa shape index (κ3) is 6.40. The largest absolute Gasteiger partial charge is 0.507 e. The van der Waals surface area contributed by atoms with Crippen molar-refractivity contribution in [2.45, 2.75) is 46.8 Å². The maximum atomic E-state index is 13.3. The fourth-order valence-electron chi connectivity index (χ4n) is 4.90. The molecule has 0 saturated carbocycles. The Bertz CT molecular complexity index is 1310. The predicted octanol–water partition coefficient (Wildman–Crippen LogP) is 5.90. The van der Waals surface area contributed by atoms with Crippen molar-refractivity contribution in [2.75, 3.05) is 26.2 Å². The number of amides is 1. The smallest absolute Gasteiger partial charge is 0.295 e. The Morgan fingerprint density at radius 1 is 0.872 bits per heavy atom. The second-order valence-electron chi connectivity index (χ2n) is 9.91. The van der Waals surface area contributed by atoms with Gasteiger partial charge in [-0.15, -0.1) is 0 Å². The second kappa shape index (κ2) is 12.8. The van der Waals surface area contributed by atoms with Gasteiger partial charge in [0.25, 0.3) is 11.7 Å². The molecule has 0 aliphatic carbocycles. The van der Waals surface area contributed by atoms with Crippen LogP contribution in [-0.2, 0) is 22.6 Å². The normalized spacial score (nSPS) is 16.7. The molecule has 0 spiro atoms. The highest BCUT2D eigenvalue weighted by Gasteiger charge is 2.45. The van der Waals surface area contributed by atoms with Gasteiger partial charge in [0.2, 0.25) is 0 Å². The fraction of sp³-hybridized carbons (Fsp3) is 0.333. The van der Waals surface area contributed by atoms with Crippen LogP contribution in [0.2, 0.25) is 0 Å². The van der Waals surface area contributed by atoms with Gasteiger partial charge in [-0.05, 0) is 67.4 Å². The van der Waals surface area contributed by atoms with Crippen molar-refractivity contribution >= 4 is 17.4 Å². The number of aliphatic hydroxyl groups excluding tert-OH is 1. The molecule has 3 aromatic rings. The van der Waals surface area contributed by atoms with Crippen LogP contribution in [0, 0.1) is 6.92 Å². The highest BCUT2D eigenvalue weighted by Crippen LogP contribution is 2.39. The Morgan fingerprint density at radius 2 is 1.49 bits per heavy atom. The molecule has 6 nitrogen and oxygen atoms in total. The molecule has 204 valence electrons. The van der Waals surface area contributed by atoms with Crippen molar-refractivity contribution in [1.29, 1.82) is 0 Å². The van der Waals surface area contributed by atoms with Crippen LogP contribution < -0.4 is 4.74 Å². The first-order valence-electron chi connectivity index (χ1n) is 13.7. The number of hydrogen-bond acceptors (Lipinski definition) is 5. The number of rotatable bonds is 11. The summed E-state index contributed by atoms with van der Waals surface area (Å²) in [6.45, 7) is 11.5. The van der Waals surface area contributed by atoms with Crippen molar-refractivity contribution in [1.82, 2.24) is 9.80 Å². The molecule has 39 heavy (non-hydrogen) atoms. The summed E-state index contributed by atoms with van der Waals surface area (Å²) in [5, 5.41) is 11.4. The summed E-state index contributed by atoms with van der Waals surface area (Å²) in [5.41, 5.74) is 4.82. The molecule has 1 amide bonds. The number of hydrogen-bond donors (Lipinski definition) is 1. The summed E-state index contributed by atoms with van der Waals surface area (Å²) in [5.74, 6) is -0.755. The molecule has 1 aliphatic rings. The van der Waals surface area contributed by atoms with Crippen molar-refractivity contribution < 1.29 is 19.4 Å². The van der Waals surface area contributed by atoms with Gasteiger partial charge in [0.15, 0.2) is 0 Å². The minimum Gasteiger partial charge on any atom is -0.507 e. The summed E-state index contributed by atoms with van der Waals surface area (Å²) in [6, 6.07) is 22.4. The maximum absolute atomic E-state index is 13.3. The van der Waals surface area contributed by atoms with Crippen LogP contribution >= 0.6 is 0 Å². The Balaban J connectivity index is 1.63. The minimum atomic E-state index is -0.656. The maximum Gasteiger partial charge on any atom is 0.295 e. The highest BCUT2D eigenvalue weighted by atomic mass is 16.5. The van der Waals surface area contributed by atoms with E-state index in [1.807, 2.05) is 55.5 Å². The van der Waals surface area contributed by atoms with Gasteiger partial charge in [-0.3, -0.25) is 9.59 Å². The van der Waals surface area contributed by atoms with Gasteiger partial charge in [-0.25, -0.2) is 0 Å². The topological polar surface area (TPSA) is 70.1 Å². The first-order valence-corrected chi connectivity index (χ1v) is 13.7. The average Bonchev–Trinajstić information content (AvgIpc) is 3.22. The average molecular weight is 527 g/mol. The zero-order chi connectivity index (χ0) is 27.9. The zero-order valence-electron chi connectivity index (χ0n) is 23.3. The van der Waals surface area contributed by atoms with Crippen LogP contribution in [0.25, 0.3) is 5.76 Å². The minimum absolute atomic E-state index is 0.122. The molecular formula is C33H38N2O4. The molecule has 0 bridgehead atoms. The molecule has 1 aliphatic heterocycles. The molecule has 1 unspecified atom stereocenters. The van der Waals surface area contributed by atoms with E-state index in [1.165, 1.54) is 11.1 Å². The summed E-state index contributed by atoms with van der Waals surface area (Å²) in [4.78, 5) is 30.4. The lowest BCUT2D eigenvalue weighted by Gasteiger charge is -2.28. The summed E-state index contributed by atoms with van der Waals surface area (Å²) in [6.07, 6.45) is 0.890. The van der Waals surface area contributed by atoms with Gasteiger partial charge in [0.1, 0.15) is 18.1 Å². The van der Waals surface area contributed by atoms with E-state index in [4.69, 9.17) is 4.74 Å². The van der Waals surface area contributed by atoms with Gasteiger partial charge in [-0.1, -0.05) is 74.9 Å². The van der Waals surface area contributed by atoms with Crippen molar-refractivity contribution in [2.24, 2.45) is 0 Å². The number of likely N-dealkylation sites (tertiary alicyclic amines) is 1. The number of carbonyl (C=O) groups is 2. The number of benzene rings is 3. The molecular weight excluding hydrogens is 488 g/mol. The van der Waals surface area contributed by atoms with Gasteiger partial charge in [0.05, 0.1) is 11.6 Å². The summed E-state index contributed by atoms with van der Waals surface area (Å²) >= 11 is 0. The van der Waals surface area contributed by atoms with Crippen LogP contribution in [-0.4, -0.2) is 52.8 Å². The molecule has 6 heteroatoms. The van der Waals surface area contributed by atoms with E-state index in [-0.39, 0.29) is 11.3 Å². The van der Waals surface area contributed by atoms with Crippen LogP contribution in [0.4, 0.5) is 0 Å². The second-order valence-corrected chi connectivity index (χ2v) is 9.91. The van der Waals surface area contributed by atoms with Crippen molar-refractivity contribution in [3.05, 3.63) is 106 Å². The van der Waals surface area contributed by atoms with E-state index in [1.54, 1.807) is 29.2 Å². The fourth-order valence-corrected chi connectivity index (χ4v) is 4.90. The van der Waals surface area contributed by atoms with Crippen LogP contribution in [0.3, 0.4) is 0 Å². The van der Waals surface area contributed by atoms with Crippen molar-refractivity contribution in [3.63, 3.8) is 0 Å². The van der Waals surface area contributed by atoms with E-state index in [2.05, 4.69) is 25.7 Å². The lowest BCUT2D eigenvalue weighted by Crippen LogP contribution is -2.38. The third-order valence-corrected chi connectivity index (χ3v) is 7.45. The molecule has 1 atom stereocenters. The number of likely N-dealkylation sites (N-methyl/N-ethyl adjacent to an activating group) is 1. The molecule has 1 fully saturated rings. The Hall–Kier alpha value is -3.90. The molecule has 1 saturated heterocycles. The van der Waals surface area contributed by atoms with E-state index in [0.717, 1.165) is 30.6 Å². The number of ether oxygens (including phenoxy) is 1. The lowest BCUT2D eigenvalue weighted by molar-refractivity contribution is -0.140. The number of aryl methyl sites for hydroxylation is 2. The third-order valence-electron chi connectivity index (χ3n) is 7.45. The summed E-state index contributed by atoms with van der Waals surface area (Å²) < 4.78 is 5.90. The quantitative estimate of drug-likeness (QED) is 0.191. The molecule has 1 N–H and O–H groups in total. The van der Waals surface area contributed by atoms with E-state index < -0.39 is 17.7 Å². The number of nitrogens with zero attached hydrogens (tertiary/aromatic N) is 2. The standard InChI is InChI=1S/C33H38N2O4/c1-5-24-12-14-26(15-13-24)30-29(32(37)33(38)35(30)21-20-34(6-2)7-3)31(36)27-16-18-28(19-17-27)39-22-25-10-8-23(4)9-11-25/h8-19,30,36H,5-7,20-22H2,1-4H3/b31-29+. The van der Waals surface area contributed by atoms with E-state index >= 15 is 0 Å². The first-order chi connectivity index (χ1) is 18.9. The Labute approximate surface area is 231 Å². The van der Waals surface area contributed by atoms with Gasteiger partial charge in [0, 0.05) is 18.7 Å². The van der Waals surface area contributed by atoms with Gasteiger partial charge >= 0.3 is 0 Å². The predicted molar refractivity (Wildman–Crippen MR) is 155 cm³/mol. The molecule has 0 aromatic heterocycles. The zero-order valence-corrected chi connectivity index (χ0v) is 23.3. The molecule has 3 aromatic carbocycles. The number of Topliss-reactive ketones (excluding diaryl/α,β-unsaturated/α-hetero) is 1. The Morgan fingerprint density at radius 3 is 2.08 bits per heavy atom.